The van der Waals surface area contributed by atoms with Gasteiger partial charge in [0, 0.05) is 0 Å². The van der Waals surface area contributed by atoms with Crippen LogP contribution in [0, 0.1) is 0 Å². The lowest BCUT2D eigenvalue weighted by molar-refractivity contribution is 0.504. The first-order valence-corrected chi connectivity index (χ1v) is 8.32. The van der Waals surface area contributed by atoms with E-state index in [1.54, 1.807) is 0 Å². The van der Waals surface area contributed by atoms with E-state index >= 15 is 0 Å². The maximum atomic E-state index is 2.18. The summed E-state index contributed by atoms with van der Waals surface area (Å²) >= 11 is 0. The molecular formula is C18H32. The maximum absolute atomic E-state index is 2.18. The van der Waals surface area contributed by atoms with Crippen LogP contribution in [-0.4, -0.2) is 0 Å². The Bertz CT molecular complexity index is 157. The lowest BCUT2D eigenvalue weighted by Crippen LogP contribution is -1.85. The van der Waals surface area contributed by atoms with Crippen molar-refractivity contribution in [3.8, 4) is 0 Å². The Morgan fingerprint density at radius 1 is 0.333 bits per heavy atom. The Kier molecular flexibility index (Phi) is 11.2. The fraction of sp³-hybridized carbons (Fsp3) is 0.778. The van der Waals surface area contributed by atoms with Crippen molar-refractivity contribution in [2.75, 3.05) is 0 Å². The van der Waals surface area contributed by atoms with Crippen molar-refractivity contribution in [1.29, 1.82) is 0 Å². The molecule has 0 heteroatoms. The number of hydrogen-bond acceptors (Lipinski definition) is 0. The summed E-state index contributed by atoms with van der Waals surface area (Å²) < 4.78 is 0. The molecular weight excluding hydrogens is 216 g/mol. The molecule has 1 fully saturated rings. The first-order valence-electron chi connectivity index (χ1n) is 8.32. The van der Waals surface area contributed by atoms with Crippen molar-refractivity contribution >= 4 is 0 Å². The maximum Gasteiger partial charge on any atom is -0.0313 e. The molecule has 1 saturated carbocycles. The van der Waals surface area contributed by atoms with Gasteiger partial charge in [0.15, 0.2) is 0 Å². The minimum Gasteiger partial charge on any atom is -0.0842 e. The van der Waals surface area contributed by atoms with Gasteiger partial charge in [-0.25, -0.2) is 0 Å². The van der Waals surface area contributed by atoms with Crippen LogP contribution in [-0.2, 0) is 0 Å². The lowest BCUT2D eigenvalue weighted by Gasteiger charge is -2.05. The van der Waals surface area contributed by atoms with E-state index in [2.05, 4.69) is 24.3 Å². The van der Waals surface area contributed by atoms with Gasteiger partial charge in [0.2, 0.25) is 0 Å². The Labute approximate surface area is 115 Å². The van der Waals surface area contributed by atoms with E-state index in [-0.39, 0.29) is 0 Å². The summed E-state index contributed by atoms with van der Waals surface area (Å²) in [5, 5.41) is 0. The molecule has 104 valence electrons. The standard InChI is InChI=1S/C12H24.C6H8/c1-2-4-6-8-10-12-11-9-7-5-3-1;1-2-4-6-5-3-1/h1-12H2;1-4H,5-6H2. The van der Waals surface area contributed by atoms with Crippen LogP contribution >= 0.6 is 0 Å². The largest absolute Gasteiger partial charge is 0.0842 e. The normalized spacial score (nSPS) is 22.2. The summed E-state index contributed by atoms with van der Waals surface area (Å²) in [4.78, 5) is 0. The molecule has 2 rings (SSSR count). The van der Waals surface area contributed by atoms with Gasteiger partial charge in [-0.15, -0.1) is 0 Å². The molecule has 0 bridgehead atoms. The van der Waals surface area contributed by atoms with Crippen LogP contribution in [0.3, 0.4) is 0 Å². The van der Waals surface area contributed by atoms with E-state index in [1.165, 1.54) is 89.9 Å². The summed E-state index contributed by atoms with van der Waals surface area (Å²) in [6, 6.07) is 0. The van der Waals surface area contributed by atoms with Crippen LogP contribution < -0.4 is 0 Å². The smallest absolute Gasteiger partial charge is 0.0313 e. The molecule has 0 aromatic heterocycles. The highest BCUT2D eigenvalue weighted by molar-refractivity contribution is 5.07. The van der Waals surface area contributed by atoms with Crippen LogP contribution in [0.4, 0.5) is 0 Å². The third kappa shape index (κ3) is 10.6. The third-order valence-electron chi connectivity index (χ3n) is 3.88. The average molecular weight is 248 g/mol. The Balaban J connectivity index is 0.000000225. The minimum atomic E-state index is 1.23. The van der Waals surface area contributed by atoms with Gasteiger partial charge in [-0.1, -0.05) is 101 Å². The van der Waals surface area contributed by atoms with Crippen molar-refractivity contribution in [1.82, 2.24) is 0 Å². The van der Waals surface area contributed by atoms with E-state index in [0.29, 0.717) is 0 Å². The summed E-state index contributed by atoms with van der Waals surface area (Å²) in [6.45, 7) is 0. The molecule has 0 unspecified atom stereocenters. The highest BCUT2D eigenvalue weighted by atomic mass is 14.0. The second-order valence-electron chi connectivity index (χ2n) is 5.68. The molecule has 0 heterocycles. The zero-order chi connectivity index (χ0) is 12.7. The average Bonchev–Trinajstić information content (AvgIpc) is 2.42. The molecule has 18 heavy (non-hydrogen) atoms. The van der Waals surface area contributed by atoms with Crippen molar-refractivity contribution in [3.63, 3.8) is 0 Å². The topological polar surface area (TPSA) is 0 Å². The molecule has 2 aliphatic carbocycles. The van der Waals surface area contributed by atoms with Crippen molar-refractivity contribution in [2.45, 2.75) is 89.9 Å². The zero-order valence-corrected chi connectivity index (χ0v) is 12.2. The van der Waals surface area contributed by atoms with E-state index < -0.39 is 0 Å². The monoisotopic (exact) mass is 248 g/mol. The van der Waals surface area contributed by atoms with Crippen LogP contribution in [0.15, 0.2) is 24.3 Å². The van der Waals surface area contributed by atoms with Gasteiger partial charge in [-0.05, 0) is 12.8 Å². The molecule has 0 N–H and O–H groups in total. The summed E-state index contributed by atoms with van der Waals surface area (Å²) in [5.41, 5.74) is 0. The summed E-state index contributed by atoms with van der Waals surface area (Å²) in [5.74, 6) is 0. The molecule has 0 saturated heterocycles. The van der Waals surface area contributed by atoms with Crippen LogP contribution in [0.1, 0.15) is 89.9 Å². The van der Waals surface area contributed by atoms with Crippen LogP contribution in [0.5, 0.6) is 0 Å². The van der Waals surface area contributed by atoms with Crippen molar-refractivity contribution < 1.29 is 0 Å². The van der Waals surface area contributed by atoms with Gasteiger partial charge in [-0.2, -0.15) is 0 Å². The van der Waals surface area contributed by atoms with Crippen LogP contribution in [0.2, 0.25) is 0 Å². The zero-order valence-electron chi connectivity index (χ0n) is 12.2. The predicted octanol–water partition coefficient (Wildman–Crippen LogP) is 6.57. The summed E-state index contributed by atoms with van der Waals surface area (Å²) in [6.07, 6.45) is 29.0. The van der Waals surface area contributed by atoms with E-state index in [9.17, 15) is 0 Å². The lowest BCUT2D eigenvalue weighted by atomic mass is 10.0. The molecule has 0 radical (unpaired) electrons. The van der Waals surface area contributed by atoms with E-state index in [4.69, 9.17) is 0 Å². The van der Waals surface area contributed by atoms with Gasteiger partial charge < -0.3 is 0 Å². The highest BCUT2D eigenvalue weighted by Crippen LogP contribution is 2.15. The first kappa shape index (κ1) is 15.5. The van der Waals surface area contributed by atoms with Crippen molar-refractivity contribution in [3.05, 3.63) is 24.3 Å². The van der Waals surface area contributed by atoms with Gasteiger partial charge in [-0.3, -0.25) is 0 Å². The second-order valence-corrected chi connectivity index (χ2v) is 5.68. The number of rotatable bonds is 0. The van der Waals surface area contributed by atoms with Gasteiger partial charge in [0.25, 0.3) is 0 Å². The minimum absolute atomic E-state index is 1.23. The Morgan fingerprint density at radius 2 is 0.556 bits per heavy atom. The molecule has 0 aromatic rings. The highest BCUT2D eigenvalue weighted by Gasteiger charge is 1.96. The summed E-state index contributed by atoms with van der Waals surface area (Å²) in [7, 11) is 0. The quantitative estimate of drug-likeness (QED) is 0.454. The third-order valence-corrected chi connectivity index (χ3v) is 3.88. The molecule has 0 spiro atoms. The van der Waals surface area contributed by atoms with E-state index in [1.807, 2.05) is 0 Å². The van der Waals surface area contributed by atoms with Gasteiger partial charge in [0.05, 0.1) is 0 Å². The fourth-order valence-corrected chi connectivity index (χ4v) is 2.66. The second kappa shape index (κ2) is 12.9. The van der Waals surface area contributed by atoms with Gasteiger partial charge in [0.1, 0.15) is 0 Å². The molecule has 0 atom stereocenters. The van der Waals surface area contributed by atoms with Crippen molar-refractivity contribution in [2.24, 2.45) is 0 Å². The predicted molar refractivity (Wildman–Crippen MR) is 82.9 cm³/mol. The Morgan fingerprint density at radius 3 is 0.667 bits per heavy atom. The SMILES string of the molecule is C1=CCCC=C1.C1CCCCCCCCCCC1. The van der Waals surface area contributed by atoms with E-state index in [0.717, 1.165) is 0 Å². The molecule has 0 aliphatic heterocycles. The Hall–Kier alpha value is -0.520. The molecule has 0 aromatic carbocycles. The molecule has 2 aliphatic rings. The number of allylic oxidation sites excluding steroid dienone is 4. The van der Waals surface area contributed by atoms with Gasteiger partial charge >= 0.3 is 0 Å². The fourth-order valence-electron chi connectivity index (χ4n) is 2.66. The molecule has 0 nitrogen and oxygen atoms in total. The van der Waals surface area contributed by atoms with Crippen LogP contribution in [0.25, 0.3) is 0 Å². The molecule has 0 amide bonds. The number of hydrogen-bond donors (Lipinski definition) is 0. The first-order chi connectivity index (χ1) is 9.00.